The molecule has 47 heavy (non-hydrogen) atoms. The Hall–Kier alpha value is -2.22. The predicted octanol–water partition coefficient (Wildman–Crippen LogP) is 14.3. The number of fused-ring (bicyclic) bond motifs is 2. The Morgan fingerprint density at radius 3 is 1.87 bits per heavy atom. The third-order valence-electron chi connectivity index (χ3n) is 8.42. The summed E-state index contributed by atoms with van der Waals surface area (Å²) in [4.78, 5) is 0. The monoisotopic (exact) mass is 754 g/mol. The number of halogens is 2. The molecular formula is C43H50Cl2SiZr. The van der Waals surface area contributed by atoms with E-state index < -0.39 is 20.8 Å². The summed E-state index contributed by atoms with van der Waals surface area (Å²) >= 11 is -0.826. The van der Waals surface area contributed by atoms with Crippen molar-refractivity contribution < 1.29 is 20.8 Å². The van der Waals surface area contributed by atoms with Crippen molar-refractivity contribution in [2.45, 2.75) is 86.7 Å². The van der Waals surface area contributed by atoms with E-state index in [9.17, 15) is 0 Å². The number of hydrogen-bond acceptors (Lipinski definition) is 0. The van der Waals surface area contributed by atoms with Crippen LogP contribution in [0.25, 0.3) is 43.8 Å². The first kappa shape index (κ1) is 39.2. The Balaban J connectivity index is 0.000000221. The van der Waals surface area contributed by atoms with Gasteiger partial charge in [0.15, 0.2) is 0 Å². The summed E-state index contributed by atoms with van der Waals surface area (Å²) in [5.41, 5.74) is 13.7. The van der Waals surface area contributed by atoms with Gasteiger partial charge in [-0.15, -0.1) is 68.6 Å². The molecule has 6 aromatic rings. The minimum absolute atomic E-state index is 0.204. The molecule has 0 spiro atoms. The summed E-state index contributed by atoms with van der Waals surface area (Å²) in [6.07, 6.45) is 0. The topological polar surface area (TPSA) is 0 Å². The van der Waals surface area contributed by atoms with E-state index in [1.165, 1.54) is 77.2 Å². The quantitative estimate of drug-likeness (QED) is 0.125. The molecule has 0 aromatic heterocycles. The van der Waals surface area contributed by atoms with Gasteiger partial charge in [-0.3, -0.25) is 0 Å². The molecule has 0 atom stereocenters. The molecule has 0 nitrogen and oxygen atoms in total. The van der Waals surface area contributed by atoms with Crippen LogP contribution < -0.4 is 0 Å². The van der Waals surface area contributed by atoms with Gasteiger partial charge < -0.3 is 0 Å². The average Bonchev–Trinajstić information content (AvgIpc) is 3.63. The van der Waals surface area contributed by atoms with Gasteiger partial charge in [0.25, 0.3) is 0 Å². The molecule has 0 aliphatic rings. The molecule has 4 heteroatoms. The van der Waals surface area contributed by atoms with Crippen LogP contribution in [0.15, 0.2) is 97.1 Å². The molecule has 0 saturated carbocycles. The molecule has 6 rings (SSSR count). The normalized spacial score (nSPS) is 10.9. The third kappa shape index (κ3) is 10.4. The van der Waals surface area contributed by atoms with Crippen molar-refractivity contribution in [3.8, 4) is 22.3 Å². The summed E-state index contributed by atoms with van der Waals surface area (Å²) in [7, 11) is 11.0. The fourth-order valence-electron chi connectivity index (χ4n) is 5.93. The average molecular weight is 757 g/mol. The second-order valence-electron chi connectivity index (χ2n) is 13.8. The Labute approximate surface area is 306 Å². The maximum atomic E-state index is 4.93. The van der Waals surface area contributed by atoms with E-state index in [0.29, 0.717) is 5.92 Å². The van der Waals surface area contributed by atoms with Gasteiger partial charge in [0.05, 0.1) is 0 Å². The van der Waals surface area contributed by atoms with Gasteiger partial charge in [0, 0.05) is 9.52 Å². The maximum absolute atomic E-state index is 4.93. The van der Waals surface area contributed by atoms with Crippen LogP contribution in [0.4, 0.5) is 0 Å². The molecular weight excluding hydrogens is 707 g/mol. The van der Waals surface area contributed by atoms with Gasteiger partial charge in [-0.25, -0.2) is 0 Å². The van der Waals surface area contributed by atoms with Crippen LogP contribution in [0.3, 0.4) is 0 Å². The zero-order valence-electron chi connectivity index (χ0n) is 30.1. The van der Waals surface area contributed by atoms with Crippen LogP contribution in [0, 0.1) is 27.7 Å². The third-order valence-corrected chi connectivity index (χ3v) is 8.42. The molecule has 0 aliphatic carbocycles. The first-order valence-electron chi connectivity index (χ1n) is 16.3. The van der Waals surface area contributed by atoms with E-state index in [2.05, 4.69) is 172 Å². The molecule has 0 bridgehead atoms. The van der Waals surface area contributed by atoms with Crippen LogP contribution in [0.1, 0.15) is 73.9 Å². The minimum atomic E-state index is -0.826. The zero-order chi connectivity index (χ0) is 34.9. The summed E-state index contributed by atoms with van der Waals surface area (Å²) in [5.74, 6) is 0.573. The number of benzene rings is 4. The van der Waals surface area contributed by atoms with Crippen molar-refractivity contribution in [3.63, 3.8) is 0 Å². The SMILES string of the molecule is CC(C)c1cc2c(-c3ccc(C(C)(C)C)cc3)cccc2[cH-]1.C[Si]C.Cc1ccc(-c2ccc(C)c3[cH-]c(C)cc23)c(C)c1.[Cl][Zr+2][Cl]. The molecule has 0 fully saturated rings. The van der Waals surface area contributed by atoms with Gasteiger partial charge in [-0.1, -0.05) is 133 Å². The van der Waals surface area contributed by atoms with Gasteiger partial charge in [0.2, 0.25) is 0 Å². The summed E-state index contributed by atoms with van der Waals surface area (Å²) in [5, 5.41) is 5.48. The Bertz CT molecular complexity index is 1860. The summed E-state index contributed by atoms with van der Waals surface area (Å²) in [6.45, 7) is 24.3. The zero-order valence-corrected chi connectivity index (χ0v) is 35.0. The van der Waals surface area contributed by atoms with E-state index in [4.69, 9.17) is 17.0 Å². The Morgan fingerprint density at radius 1 is 0.681 bits per heavy atom. The van der Waals surface area contributed by atoms with E-state index in [1.807, 2.05) is 0 Å². The van der Waals surface area contributed by atoms with Gasteiger partial charge >= 0.3 is 37.9 Å². The van der Waals surface area contributed by atoms with Crippen molar-refractivity contribution >= 4 is 48.1 Å². The molecule has 0 saturated heterocycles. The molecule has 2 radical (unpaired) electrons. The number of rotatable bonds is 3. The molecule has 0 aliphatic heterocycles. The first-order chi connectivity index (χ1) is 22.2. The van der Waals surface area contributed by atoms with Gasteiger partial charge in [-0.2, -0.15) is 12.1 Å². The summed E-state index contributed by atoms with van der Waals surface area (Å²) in [6, 6.07) is 36.1. The van der Waals surface area contributed by atoms with Crippen molar-refractivity contribution in [2.75, 3.05) is 0 Å². The molecule has 6 aromatic carbocycles. The van der Waals surface area contributed by atoms with Gasteiger partial charge in [-0.05, 0) is 47.4 Å². The van der Waals surface area contributed by atoms with Gasteiger partial charge in [0.1, 0.15) is 0 Å². The molecule has 0 N–H and O–H groups in total. The van der Waals surface area contributed by atoms with Crippen molar-refractivity contribution in [2.24, 2.45) is 0 Å². The first-order valence-corrected chi connectivity index (χ1v) is 24.7. The molecule has 244 valence electrons. The van der Waals surface area contributed by atoms with Crippen molar-refractivity contribution in [1.29, 1.82) is 0 Å². The van der Waals surface area contributed by atoms with Crippen LogP contribution >= 0.6 is 17.0 Å². The van der Waals surface area contributed by atoms with E-state index in [0.717, 1.165) is 9.52 Å². The number of hydrogen-bond donors (Lipinski definition) is 0. The van der Waals surface area contributed by atoms with Crippen molar-refractivity contribution in [3.05, 3.63) is 130 Å². The molecule has 0 unspecified atom stereocenters. The van der Waals surface area contributed by atoms with Crippen LogP contribution in [-0.2, 0) is 26.3 Å². The van der Waals surface area contributed by atoms with Crippen LogP contribution in [0.2, 0.25) is 13.1 Å². The van der Waals surface area contributed by atoms with Crippen LogP contribution in [0.5, 0.6) is 0 Å². The second-order valence-corrected chi connectivity index (χ2v) is 18.5. The number of aryl methyl sites for hydroxylation is 4. The molecule has 0 amide bonds. The standard InChI is InChI=1S/C22H25.C19H19.C2H6Si.2ClH.Zr/c1-15(2)18-13-17-7-6-8-20(21(17)14-18)16-9-11-19(12-10-16)22(3,4)5;1-12-5-7-16(15(4)9-12)17-8-6-14(3)18-10-13(2)11-19(17)18;1-3-2;;;/h6-15H,1-5H3;5-11H,1-4H3;1-2H3;2*1H;/q2*-1;;;;+4/p-2. The summed E-state index contributed by atoms with van der Waals surface area (Å²) < 4.78 is 0. The van der Waals surface area contributed by atoms with E-state index in [-0.39, 0.29) is 5.41 Å². The van der Waals surface area contributed by atoms with E-state index >= 15 is 0 Å². The Kier molecular flexibility index (Phi) is 15.0. The fourth-order valence-corrected chi connectivity index (χ4v) is 5.93. The Morgan fingerprint density at radius 2 is 1.30 bits per heavy atom. The van der Waals surface area contributed by atoms with Crippen LogP contribution in [-0.4, -0.2) is 9.52 Å². The molecule has 0 heterocycles. The van der Waals surface area contributed by atoms with E-state index in [1.54, 1.807) is 0 Å². The second kappa shape index (κ2) is 18.0. The van der Waals surface area contributed by atoms with Crippen molar-refractivity contribution in [1.82, 2.24) is 0 Å². The fraction of sp³-hybridized carbons (Fsp3) is 0.302. The predicted molar refractivity (Wildman–Crippen MR) is 211 cm³/mol.